The van der Waals surface area contributed by atoms with Gasteiger partial charge in [-0.15, -0.1) is 0 Å². The highest BCUT2D eigenvalue weighted by Crippen LogP contribution is 2.16. The molecule has 2 aromatic rings. The van der Waals surface area contributed by atoms with Gasteiger partial charge < -0.3 is 0 Å². The van der Waals surface area contributed by atoms with Crippen molar-refractivity contribution in [2.75, 3.05) is 13.1 Å². The average molecular weight is 247 g/mol. The van der Waals surface area contributed by atoms with Crippen LogP contribution in [0.3, 0.4) is 0 Å². The zero-order chi connectivity index (χ0) is 11.5. The van der Waals surface area contributed by atoms with E-state index in [0.717, 1.165) is 13.0 Å². The molecule has 2 aromatic heterocycles. The maximum Gasteiger partial charge on any atom is 0.0535 e. The molecule has 3 rings (SSSR count). The second-order valence-electron chi connectivity index (χ2n) is 4.64. The molecule has 3 nitrogen and oxygen atoms in total. The lowest BCUT2D eigenvalue weighted by Gasteiger charge is -2.26. The fraction of sp³-hybridized carbons (Fsp3) is 0.462. The summed E-state index contributed by atoms with van der Waals surface area (Å²) in [5.41, 5.74) is 4.20. The molecule has 90 valence electrons. The summed E-state index contributed by atoms with van der Waals surface area (Å²) in [5, 5.41) is 11.6. The first kappa shape index (κ1) is 11.0. The lowest BCUT2D eigenvalue weighted by atomic mass is 10.1. The smallest absolute Gasteiger partial charge is 0.0535 e. The predicted molar refractivity (Wildman–Crippen MR) is 70.2 cm³/mol. The van der Waals surface area contributed by atoms with Gasteiger partial charge in [0, 0.05) is 30.8 Å². The van der Waals surface area contributed by atoms with Crippen LogP contribution in [0.5, 0.6) is 0 Å². The molecule has 0 amide bonds. The number of aryl methyl sites for hydroxylation is 1. The van der Waals surface area contributed by atoms with Gasteiger partial charge in [0.15, 0.2) is 0 Å². The summed E-state index contributed by atoms with van der Waals surface area (Å²) in [6, 6.07) is 2.23. The van der Waals surface area contributed by atoms with E-state index in [1.165, 1.54) is 42.8 Å². The van der Waals surface area contributed by atoms with Crippen molar-refractivity contribution in [3.63, 3.8) is 0 Å². The van der Waals surface area contributed by atoms with Crippen LogP contribution in [0.1, 0.15) is 23.2 Å². The predicted octanol–water partition coefficient (Wildman–Crippen LogP) is 2.46. The number of H-pyrrole nitrogens is 1. The normalized spacial score (nSPS) is 16.0. The first-order chi connectivity index (χ1) is 8.42. The van der Waals surface area contributed by atoms with Crippen molar-refractivity contribution in [3.05, 3.63) is 39.8 Å². The number of aromatic nitrogens is 2. The molecule has 1 aliphatic heterocycles. The van der Waals surface area contributed by atoms with E-state index in [4.69, 9.17) is 0 Å². The van der Waals surface area contributed by atoms with E-state index < -0.39 is 0 Å². The molecule has 3 heterocycles. The van der Waals surface area contributed by atoms with Crippen molar-refractivity contribution in [2.45, 2.75) is 25.8 Å². The number of rotatable bonds is 4. The molecule has 0 fully saturated rings. The van der Waals surface area contributed by atoms with Crippen molar-refractivity contribution < 1.29 is 0 Å². The monoisotopic (exact) mass is 247 g/mol. The third-order valence-corrected chi connectivity index (χ3v) is 4.13. The fourth-order valence-electron chi connectivity index (χ4n) is 2.41. The molecule has 1 aliphatic rings. The highest BCUT2D eigenvalue weighted by Gasteiger charge is 2.16. The van der Waals surface area contributed by atoms with Gasteiger partial charge in [-0.05, 0) is 41.8 Å². The van der Waals surface area contributed by atoms with Crippen LogP contribution in [0.15, 0.2) is 23.0 Å². The number of thiophene rings is 1. The Morgan fingerprint density at radius 1 is 1.47 bits per heavy atom. The maximum atomic E-state index is 4.11. The molecular formula is C13H17N3S. The van der Waals surface area contributed by atoms with Crippen LogP contribution in [0.4, 0.5) is 0 Å². The molecule has 0 bridgehead atoms. The Kier molecular flexibility index (Phi) is 3.25. The third kappa shape index (κ3) is 2.58. The van der Waals surface area contributed by atoms with Gasteiger partial charge in [-0.2, -0.15) is 16.4 Å². The zero-order valence-corrected chi connectivity index (χ0v) is 10.7. The summed E-state index contributed by atoms with van der Waals surface area (Å²) in [7, 11) is 0. The molecule has 1 N–H and O–H groups in total. The standard InChI is InChI=1S/C13H17N3S/c1(2-11-4-7-17-10-11)5-16-6-3-13-12(9-16)8-14-15-13/h4,7-8,10H,1-3,5-6,9H2,(H,14,15). The summed E-state index contributed by atoms with van der Waals surface area (Å²) in [6.45, 7) is 3.43. The molecule has 4 heteroatoms. The van der Waals surface area contributed by atoms with Crippen LogP contribution < -0.4 is 0 Å². The molecule has 0 saturated carbocycles. The Bertz CT molecular complexity index is 461. The first-order valence-corrected chi connectivity index (χ1v) is 7.10. The second kappa shape index (κ2) is 5.02. The quantitative estimate of drug-likeness (QED) is 0.900. The molecule has 17 heavy (non-hydrogen) atoms. The lowest BCUT2D eigenvalue weighted by Crippen LogP contribution is -2.31. The summed E-state index contributed by atoms with van der Waals surface area (Å²) in [5.74, 6) is 0. The Morgan fingerprint density at radius 3 is 3.35 bits per heavy atom. The molecular weight excluding hydrogens is 230 g/mol. The highest BCUT2D eigenvalue weighted by atomic mass is 32.1. The number of hydrogen-bond donors (Lipinski definition) is 1. The Morgan fingerprint density at radius 2 is 2.47 bits per heavy atom. The summed E-state index contributed by atoms with van der Waals surface area (Å²) < 4.78 is 0. The van der Waals surface area contributed by atoms with E-state index >= 15 is 0 Å². The molecule has 0 unspecified atom stereocenters. The largest absolute Gasteiger partial charge is 0.299 e. The molecule has 0 atom stereocenters. The van der Waals surface area contributed by atoms with Crippen LogP contribution in [0, 0.1) is 0 Å². The van der Waals surface area contributed by atoms with E-state index in [2.05, 4.69) is 31.9 Å². The van der Waals surface area contributed by atoms with E-state index in [0.29, 0.717) is 0 Å². The van der Waals surface area contributed by atoms with E-state index in [9.17, 15) is 0 Å². The number of hydrogen-bond acceptors (Lipinski definition) is 3. The molecule has 0 aromatic carbocycles. The van der Waals surface area contributed by atoms with Crippen LogP contribution in [-0.2, 0) is 19.4 Å². The van der Waals surface area contributed by atoms with Gasteiger partial charge in [0.05, 0.1) is 6.20 Å². The van der Waals surface area contributed by atoms with Crippen molar-refractivity contribution in [1.29, 1.82) is 0 Å². The number of nitrogens with one attached hydrogen (secondary N) is 1. The summed E-state index contributed by atoms with van der Waals surface area (Å²) >= 11 is 1.79. The van der Waals surface area contributed by atoms with Gasteiger partial charge in [0.1, 0.15) is 0 Å². The van der Waals surface area contributed by atoms with Crippen molar-refractivity contribution in [3.8, 4) is 0 Å². The van der Waals surface area contributed by atoms with Gasteiger partial charge in [-0.3, -0.25) is 10.00 Å². The molecule has 0 spiro atoms. The van der Waals surface area contributed by atoms with Gasteiger partial charge >= 0.3 is 0 Å². The number of nitrogens with zero attached hydrogens (tertiary/aromatic N) is 2. The van der Waals surface area contributed by atoms with Crippen molar-refractivity contribution in [2.24, 2.45) is 0 Å². The van der Waals surface area contributed by atoms with Gasteiger partial charge in [0.25, 0.3) is 0 Å². The van der Waals surface area contributed by atoms with Crippen molar-refractivity contribution >= 4 is 11.3 Å². The Labute approximate surface area is 105 Å². The summed E-state index contributed by atoms with van der Waals surface area (Å²) in [4.78, 5) is 2.53. The Hall–Kier alpha value is -1.13. The number of fused-ring (bicyclic) bond motifs is 1. The third-order valence-electron chi connectivity index (χ3n) is 3.40. The molecule has 0 saturated heterocycles. The first-order valence-electron chi connectivity index (χ1n) is 6.16. The van der Waals surface area contributed by atoms with E-state index in [1.54, 1.807) is 11.3 Å². The van der Waals surface area contributed by atoms with Crippen LogP contribution in [0.2, 0.25) is 0 Å². The fourth-order valence-corrected chi connectivity index (χ4v) is 3.12. The molecule has 0 aliphatic carbocycles. The van der Waals surface area contributed by atoms with Crippen molar-refractivity contribution in [1.82, 2.24) is 15.1 Å². The van der Waals surface area contributed by atoms with Gasteiger partial charge in [-0.1, -0.05) is 0 Å². The number of aromatic amines is 1. The van der Waals surface area contributed by atoms with E-state index in [-0.39, 0.29) is 0 Å². The minimum absolute atomic E-state index is 1.06. The average Bonchev–Trinajstić information content (AvgIpc) is 2.98. The van der Waals surface area contributed by atoms with Gasteiger partial charge in [-0.25, -0.2) is 0 Å². The SMILES string of the molecule is c1cc(CCCN2CCc3[nH]ncc3C2)cs1. The highest BCUT2D eigenvalue weighted by molar-refractivity contribution is 7.07. The maximum absolute atomic E-state index is 4.11. The topological polar surface area (TPSA) is 31.9 Å². The minimum atomic E-state index is 1.06. The minimum Gasteiger partial charge on any atom is -0.299 e. The molecule has 0 radical (unpaired) electrons. The van der Waals surface area contributed by atoms with E-state index in [1.807, 2.05) is 6.20 Å². The second-order valence-corrected chi connectivity index (χ2v) is 5.42. The lowest BCUT2D eigenvalue weighted by molar-refractivity contribution is 0.250. The van der Waals surface area contributed by atoms with Crippen LogP contribution in [-0.4, -0.2) is 28.2 Å². The Balaban J connectivity index is 1.48. The zero-order valence-electron chi connectivity index (χ0n) is 9.85. The summed E-state index contributed by atoms with van der Waals surface area (Å²) in [6.07, 6.45) is 5.55. The van der Waals surface area contributed by atoms with Crippen LogP contribution >= 0.6 is 11.3 Å². The van der Waals surface area contributed by atoms with Gasteiger partial charge in [0.2, 0.25) is 0 Å². The van der Waals surface area contributed by atoms with Crippen LogP contribution in [0.25, 0.3) is 0 Å².